The minimum Gasteiger partial charge on any atom is -0.315 e. The predicted molar refractivity (Wildman–Crippen MR) is 80.7 cm³/mol. The van der Waals surface area contributed by atoms with Crippen LogP contribution in [0.15, 0.2) is 36.4 Å². The Morgan fingerprint density at radius 1 is 1.16 bits per heavy atom. The Morgan fingerprint density at radius 2 is 2.00 bits per heavy atom. The minimum absolute atomic E-state index is 0.510. The first-order valence-electron chi connectivity index (χ1n) is 6.90. The van der Waals surface area contributed by atoms with Gasteiger partial charge < -0.3 is 4.57 Å². The van der Waals surface area contributed by atoms with E-state index in [1.807, 2.05) is 0 Å². The van der Waals surface area contributed by atoms with Gasteiger partial charge in [-0.3, -0.25) is 4.90 Å². The maximum atomic E-state index is 2.62. The number of nitrogens with zero attached hydrogens (tertiary/aromatic N) is 2. The fraction of sp³-hybridized carbons (Fsp3) is 0.375. The molecule has 2 unspecified atom stereocenters. The topological polar surface area (TPSA) is 8.17 Å². The highest BCUT2D eigenvalue weighted by Gasteiger charge is 2.36. The summed E-state index contributed by atoms with van der Waals surface area (Å²) in [6.07, 6.45) is 0. The van der Waals surface area contributed by atoms with Crippen LogP contribution >= 0.6 is 11.8 Å². The van der Waals surface area contributed by atoms with Gasteiger partial charge >= 0.3 is 0 Å². The number of aryl methyl sites for hydroxylation is 1. The van der Waals surface area contributed by atoms with E-state index in [1.165, 1.54) is 29.2 Å². The average molecular weight is 270 g/mol. The van der Waals surface area contributed by atoms with Crippen LogP contribution in [0.3, 0.4) is 0 Å². The number of thioether (sulfide) groups is 1. The molecule has 1 aromatic heterocycles. The van der Waals surface area contributed by atoms with Crippen LogP contribution in [-0.2, 0) is 6.54 Å². The molecule has 1 fully saturated rings. The monoisotopic (exact) mass is 270 g/mol. The Hall–Kier alpha value is -1.19. The second-order valence-corrected chi connectivity index (χ2v) is 7.12. The van der Waals surface area contributed by atoms with Gasteiger partial charge in [-0.15, -0.1) is 11.8 Å². The highest BCUT2D eigenvalue weighted by Crippen LogP contribution is 2.46. The first-order valence-corrected chi connectivity index (χ1v) is 7.84. The third-order valence-electron chi connectivity index (χ3n) is 4.15. The van der Waals surface area contributed by atoms with Crippen LogP contribution in [0.25, 0.3) is 5.69 Å². The lowest BCUT2D eigenvalue weighted by Crippen LogP contribution is -2.22. The van der Waals surface area contributed by atoms with Crippen molar-refractivity contribution in [3.8, 4) is 5.69 Å². The summed E-state index contributed by atoms with van der Waals surface area (Å²) >= 11 is 2.09. The van der Waals surface area contributed by atoms with Crippen molar-refractivity contribution in [3.05, 3.63) is 53.3 Å². The van der Waals surface area contributed by atoms with Crippen LogP contribution in [0, 0.1) is 6.92 Å². The minimum atomic E-state index is 0.510. The Labute approximate surface area is 118 Å². The number of benzene rings is 1. The number of hydrogen-bond acceptors (Lipinski definition) is 2. The summed E-state index contributed by atoms with van der Waals surface area (Å²) in [5.41, 5.74) is 5.59. The number of aromatic nitrogens is 1. The van der Waals surface area contributed by atoms with Crippen molar-refractivity contribution in [1.29, 1.82) is 0 Å². The van der Waals surface area contributed by atoms with E-state index in [2.05, 4.69) is 71.5 Å². The summed E-state index contributed by atoms with van der Waals surface area (Å²) in [5.74, 6) is 0. The molecular weight excluding hydrogens is 252 g/mol. The molecule has 2 aromatic rings. The van der Waals surface area contributed by atoms with E-state index in [4.69, 9.17) is 0 Å². The van der Waals surface area contributed by atoms with Gasteiger partial charge in [0.1, 0.15) is 0 Å². The van der Waals surface area contributed by atoms with E-state index in [0.29, 0.717) is 5.37 Å². The zero-order valence-corrected chi connectivity index (χ0v) is 12.2. The van der Waals surface area contributed by atoms with Crippen LogP contribution in [0.4, 0.5) is 0 Å². The second-order valence-electron chi connectivity index (χ2n) is 5.59. The van der Waals surface area contributed by atoms with Crippen LogP contribution in [0.5, 0.6) is 0 Å². The highest BCUT2D eigenvalue weighted by atomic mass is 32.2. The SMILES string of the molecule is Cc1ccc2n1-c1ccccc1CN1CC(C)SC21. The zero-order valence-electron chi connectivity index (χ0n) is 11.3. The van der Waals surface area contributed by atoms with Gasteiger partial charge in [0, 0.05) is 24.0 Å². The lowest BCUT2D eigenvalue weighted by molar-refractivity contribution is 0.273. The summed E-state index contributed by atoms with van der Waals surface area (Å²) in [6.45, 7) is 6.80. The normalized spacial score (nSPS) is 25.6. The molecule has 0 saturated carbocycles. The maximum Gasteiger partial charge on any atom is 0.0976 e. The summed E-state index contributed by atoms with van der Waals surface area (Å²) in [4.78, 5) is 2.62. The Bertz CT molecular complexity index is 631. The van der Waals surface area contributed by atoms with Crippen molar-refractivity contribution in [2.45, 2.75) is 31.0 Å². The molecule has 1 aromatic carbocycles. The van der Waals surface area contributed by atoms with E-state index in [-0.39, 0.29) is 0 Å². The summed E-state index contributed by atoms with van der Waals surface area (Å²) in [7, 11) is 0. The fourth-order valence-corrected chi connectivity index (χ4v) is 4.72. The average Bonchev–Trinajstić information content (AvgIpc) is 2.90. The van der Waals surface area contributed by atoms with Crippen molar-refractivity contribution >= 4 is 11.8 Å². The molecule has 2 aliphatic rings. The van der Waals surface area contributed by atoms with Crippen LogP contribution in [0.2, 0.25) is 0 Å². The maximum absolute atomic E-state index is 2.62. The van der Waals surface area contributed by atoms with Gasteiger partial charge in [0.15, 0.2) is 0 Å². The molecule has 19 heavy (non-hydrogen) atoms. The van der Waals surface area contributed by atoms with Crippen molar-refractivity contribution in [3.63, 3.8) is 0 Å². The van der Waals surface area contributed by atoms with Crippen molar-refractivity contribution in [1.82, 2.24) is 9.47 Å². The fourth-order valence-electron chi connectivity index (χ4n) is 3.34. The molecule has 4 rings (SSSR count). The summed E-state index contributed by atoms with van der Waals surface area (Å²) in [5, 5.41) is 1.23. The van der Waals surface area contributed by atoms with Crippen molar-refractivity contribution in [2.24, 2.45) is 0 Å². The Balaban J connectivity index is 1.96. The van der Waals surface area contributed by atoms with Gasteiger partial charge in [0.25, 0.3) is 0 Å². The first-order chi connectivity index (χ1) is 9.24. The molecule has 0 aliphatic carbocycles. The molecule has 0 N–H and O–H groups in total. The molecule has 1 saturated heterocycles. The Kier molecular flexibility index (Phi) is 2.54. The molecular formula is C16H18N2S. The molecule has 0 bridgehead atoms. The van der Waals surface area contributed by atoms with E-state index in [9.17, 15) is 0 Å². The molecule has 0 amide bonds. The van der Waals surface area contributed by atoms with Gasteiger partial charge in [-0.2, -0.15) is 0 Å². The highest BCUT2D eigenvalue weighted by molar-refractivity contribution is 8.00. The number of hydrogen-bond donors (Lipinski definition) is 0. The standard InChI is InChI=1S/C16H18N2S/c1-11-7-8-15-16-17(9-12(2)19-16)10-13-5-3-4-6-14(13)18(11)15/h3-8,12,16H,9-10H2,1-2H3. The van der Waals surface area contributed by atoms with Gasteiger partial charge in [-0.25, -0.2) is 0 Å². The van der Waals surface area contributed by atoms with E-state index in [1.54, 1.807) is 0 Å². The smallest absolute Gasteiger partial charge is 0.0976 e. The van der Waals surface area contributed by atoms with Crippen LogP contribution in [0.1, 0.15) is 29.2 Å². The van der Waals surface area contributed by atoms with Gasteiger partial charge in [-0.05, 0) is 30.7 Å². The zero-order chi connectivity index (χ0) is 13.0. The quantitative estimate of drug-likeness (QED) is 0.720. The predicted octanol–water partition coefficient (Wildman–Crippen LogP) is 3.74. The molecule has 0 spiro atoms. The summed E-state index contributed by atoms with van der Waals surface area (Å²) in [6, 6.07) is 13.4. The van der Waals surface area contributed by atoms with Crippen LogP contribution in [-0.4, -0.2) is 21.3 Å². The van der Waals surface area contributed by atoms with Gasteiger partial charge in [-0.1, -0.05) is 25.1 Å². The van der Waals surface area contributed by atoms with E-state index >= 15 is 0 Å². The molecule has 0 radical (unpaired) electrons. The molecule has 98 valence electrons. The molecule has 3 heteroatoms. The van der Waals surface area contributed by atoms with E-state index < -0.39 is 0 Å². The lowest BCUT2D eigenvalue weighted by Gasteiger charge is -2.20. The van der Waals surface area contributed by atoms with E-state index in [0.717, 1.165) is 11.8 Å². The number of rotatable bonds is 0. The lowest BCUT2D eigenvalue weighted by atomic mass is 10.1. The van der Waals surface area contributed by atoms with Crippen LogP contribution < -0.4 is 0 Å². The number of para-hydroxylation sites is 1. The second kappa shape index (κ2) is 4.15. The largest absolute Gasteiger partial charge is 0.315 e. The molecule has 2 aliphatic heterocycles. The van der Waals surface area contributed by atoms with Crippen molar-refractivity contribution in [2.75, 3.05) is 6.54 Å². The van der Waals surface area contributed by atoms with Gasteiger partial charge in [0.2, 0.25) is 0 Å². The van der Waals surface area contributed by atoms with Gasteiger partial charge in [0.05, 0.1) is 16.8 Å². The van der Waals surface area contributed by atoms with Crippen molar-refractivity contribution < 1.29 is 0 Å². The summed E-state index contributed by atoms with van der Waals surface area (Å²) < 4.78 is 2.45. The third-order valence-corrected chi connectivity index (χ3v) is 5.56. The molecule has 2 nitrogen and oxygen atoms in total. The first kappa shape index (κ1) is 11.6. The molecule has 2 atom stereocenters. The third kappa shape index (κ3) is 1.68. The molecule has 3 heterocycles. The Morgan fingerprint density at radius 3 is 2.89 bits per heavy atom. The number of fused-ring (bicyclic) bond motifs is 5.